The summed E-state index contributed by atoms with van der Waals surface area (Å²) < 4.78 is 0. The second kappa shape index (κ2) is 2.92. The molecule has 6 heteroatoms. The van der Waals surface area contributed by atoms with E-state index < -0.39 is 11.0 Å². The van der Waals surface area contributed by atoms with Gasteiger partial charge in [0.1, 0.15) is 6.67 Å². The summed E-state index contributed by atoms with van der Waals surface area (Å²) in [6, 6.07) is -1.27. The maximum atomic E-state index is 9.85. The number of amides is 2. The lowest BCUT2D eigenvalue weighted by atomic mass is 11.0. The van der Waals surface area contributed by atoms with Crippen molar-refractivity contribution in [2.45, 2.75) is 0 Å². The molecule has 3 N–H and O–H groups in total. The lowest BCUT2D eigenvalue weighted by Crippen LogP contribution is -2.33. The van der Waals surface area contributed by atoms with Gasteiger partial charge in [-0.1, -0.05) is 0 Å². The molecule has 0 unspecified atom stereocenters. The molecule has 0 aliphatic rings. The molecule has 0 aromatic heterocycles. The van der Waals surface area contributed by atoms with Gasteiger partial charge in [0.15, 0.2) is 0 Å². The molecule has 0 saturated carbocycles. The van der Waals surface area contributed by atoms with Gasteiger partial charge in [-0.3, -0.25) is 5.73 Å². The molecule has 0 atom stereocenters. The molecule has 0 heterocycles. The zero-order chi connectivity index (χ0) is 6.57. The Kier molecular flexibility index (Phi) is 2.49. The summed E-state index contributed by atoms with van der Waals surface area (Å²) in [5.74, 6) is 0. The van der Waals surface area contributed by atoms with E-state index in [2.05, 4.69) is 0 Å². The van der Waals surface area contributed by atoms with Gasteiger partial charge in [-0.05, 0) is 0 Å². The highest BCUT2D eigenvalue weighted by atomic mass is 16.6. The van der Waals surface area contributed by atoms with Crippen molar-refractivity contribution in [1.82, 2.24) is 5.32 Å². The van der Waals surface area contributed by atoms with Crippen LogP contribution in [0.3, 0.4) is 0 Å². The van der Waals surface area contributed by atoms with Gasteiger partial charge in [-0.25, -0.2) is 5.32 Å². The normalized spacial score (nSPS) is 8.12. The van der Waals surface area contributed by atoms with Gasteiger partial charge < -0.3 is 10.1 Å². The van der Waals surface area contributed by atoms with Crippen LogP contribution in [0, 0.1) is 10.1 Å². The van der Waals surface area contributed by atoms with E-state index in [1.165, 1.54) is 0 Å². The van der Waals surface area contributed by atoms with Gasteiger partial charge in [0.2, 0.25) is 0 Å². The predicted octanol–water partition coefficient (Wildman–Crippen LogP) is -1.11. The van der Waals surface area contributed by atoms with E-state index in [1.54, 1.807) is 5.32 Å². The number of rotatable bonds is 1. The zero-order valence-electron chi connectivity index (χ0n) is 3.96. The first kappa shape index (κ1) is 6.83. The largest absolute Gasteiger partial charge is 0.533 e. The predicted molar refractivity (Wildman–Crippen MR) is 24.6 cm³/mol. The van der Waals surface area contributed by atoms with Crippen molar-refractivity contribution in [2.24, 2.45) is 5.73 Å². The number of nitrogens with two attached hydrogens (primary N) is 1. The molecular formula is C2H5N3O3. The van der Waals surface area contributed by atoms with Gasteiger partial charge in [0.05, 0.1) is 0 Å². The molecule has 2 amide bonds. The highest BCUT2D eigenvalue weighted by Crippen LogP contribution is 1.66. The Labute approximate surface area is 44.8 Å². The van der Waals surface area contributed by atoms with E-state index in [1.807, 2.05) is 0 Å². The monoisotopic (exact) mass is 119 g/mol. The van der Waals surface area contributed by atoms with Crippen molar-refractivity contribution in [3.8, 4) is 0 Å². The van der Waals surface area contributed by atoms with Crippen LogP contribution in [0.2, 0.25) is 0 Å². The quantitative estimate of drug-likeness (QED) is 0.259. The van der Waals surface area contributed by atoms with Crippen molar-refractivity contribution in [3.05, 3.63) is 10.1 Å². The van der Waals surface area contributed by atoms with Crippen molar-refractivity contribution >= 4 is 6.03 Å². The van der Waals surface area contributed by atoms with Crippen LogP contribution in [-0.4, -0.2) is 17.6 Å². The summed E-state index contributed by atoms with van der Waals surface area (Å²) in [6.07, 6.45) is 0. The minimum absolute atomic E-state index is 0.209. The second-order valence-corrected chi connectivity index (χ2v) is 0.943. The third-order valence-electron chi connectivity index (χ3n) is 0.419. The second-order valence-electron chi connectivity index (χ2n) is 0.943. The van der Waals surface area contributed by atoms with E-state index in [0.29, 0.717) is 0 Å². The zero-order valence-corrected chi connectivity index (χ0v) is 3.96. The molecule has 0 rings (SSSR count). The smallest absolute Gasteiger partial charge is 0.355 e. The molecule has 8 heavy (non-hydrogen) atoms. The lowest BCUT2D eigenvalue weighted by Gasteiger charge is -1.89. The molecule has 0 aromatic rings. The molecule has 0 aromatic carbocycles. The number of nitrogens with zero attached hydrogens (tertiary/aromatic N) is 1. The minimum Gasteiger partial charge on any atom is -0.355 e. The number of hydrogen-bond acceptors (Lipinski definition) is 4. The SMILES string of the molecule is NCNC(=O)[N+](=O)[O-]. The van der Waals surface area contributed by atoms with Crippen LogP contribution in [-0.2, 0) is 0 Å². The van der Waals surface area contributed by atoms with Gasteiger partial charge in [-0.2, -0.15) is 4.79 Å². The maximum Gasteiger partial charge on any atom is 0.533 e. The first-order valence-electron chi connectivity index (χ1n) is 1.80. The fraction of sp³-hybridized carbons (Fsp3) is 0.500. The van der Waals surface area contributed by atoms with Gasteiger partial charge in [0, 0.05) is 4.92 Å². The Bertz CT molecular complexity index is 111. The number of carbonyl (C=O) groups is 1. The fourth-order valence-corrected chi connectivity index (χ4v) is 0.152. The van der Waals surface area contributed by atoms with Crippen LogP contribution >= 0.6 is 0 Å². The standard InChI is InChI=1S/C2H5N3O3/c3-1-4-2(6)5(7)8/h1,3H2,(H,4,6). The third kappa shape index (κ3) is 2.08. The Balaban J connectivity index is 3.49. The Hall–Kier alpha value is -1.17. The average Bonchev–Trinajstić information content (AvgIpc) is 1.67. The summed E-state index contributed by atoms with van der Waals surface area (Å²) in [5, 5.41) is 11.2. The Morgan fingerprint density at radius 3 is 2.50 bits per heavy atom. The molecule has 0 aliphatic heterocycles. The van der Waals surface area contributed by atoms with Crippen molar-refractivity contribution in [3.63, 3.8) is 0 Å². The van der Waals surface area contributed by atoms with Crippen LogP contribution < -0.4 is 11.1 Å². The van der Waals surface area contributed by atoms with E-state index in [0.717, 1.165) is 0 Å². The molecular weight excluding hydrogens is 114 g/mol. The molecule has 0 spiro atoms. The van der Waals surface area contributed by atoms with Crippen molar-refractivity contribution < 1.29 is 9.72 Å². The molecule has 0 fully saturated rings. The van der Waals surface area contributed by atoms with E-state index >= 15 is 0 Å². The molecule has 0 aliphatic carbocycles. The topological polar surface area (TPSA) is 98.3 Å². The van der Waals surface area contributed by atoms with E-state index in [4.69, 9.17) is 5.73 Å². The Morgan fingerprint density at radius 2 is 2.38 bits per heavy atom. The summed E-state index contributed by atoms with van der Waals surface area (Å²) in [7, 11) is 0. The number of urea groups is 1. The van der Waals surface area contributed by atoms with Crippen molar-refractivity contribution in [1.29, 1.82) is 0 Å². The summed E-state index contributed by atoms with van der Waals surface area (Å²) in [6.45, 7) is -0.209. The molecule has 0 radical (unpaired) electrons. The maximum absolute atomic E-state index is 9.85. The number of nitrogens with one attached hydrogen (secondary N) is 1. The van der Waals surface area contributed by atoms with Gasteiger partial charge >= 0.3 is 6.03 Å². The first-order valence-corrected chi connectivity index (χ1v) is 1.80. The van der Waals surface area contributed by atoms with Gasteiger partial charge in [0.25, 0.3) is 0 Å². The Morgan fingerprint density at radius 1 is 1.88 bits per heavy atom. The lowest BCUT2D eigenvalue weighted by molar-refractivity contribution is -0.374. The van der Waals surface area contributed by atoms with E-state index in [-0.39, 0.29) is 6.67 Å². The summed E-state index contributed by atoms with van der Waals surface area (Å²) in [4.78, 5) is 18.2. The fourth-order valence-electron chi connectivity index (χ4n) is 0.152. The first-order chi connectivity index (χ1) is 3.68. The molecule has 46 valence electrons. The minimum atomic E-state index is -1.27. The van der Waals surface area contributed by atoms with E-state index in [9.17, 15) is 14.9 Å². The molecule has 6 nitrogen and oxygen atoms in total. The highest BCUT2D eigenvalue weighted by molar-refractivity contribution is 5.64. The van der Waals surface area contributed by atoms with Crippen LogP contribution in [0.25, 0.3) is 0 Å². The van der Waals surface area contributed by atoms with Crippen LogP contribution in [0.4, 0.5) is 4.79 Å². The summed E-state index contributed by atoms with van der Waals surface area (Å²) in [5.41, 5.74) is 4.73. The third-order valence-corrected chi connectivity index (χ3v) is 0.419. The van der Waals surface area contributed by atoms with Crippen LogP contribution in [0.1, 0.15) is 0 Å². The molecule has 0 bridgehead atoms. The van der Waals surface area contributed by atoms with Crippen LogP contribution in [0.15, 0.2) is 0 Å². The number of nitro groups is 1. The number of carbonyl (C=O) groups excluding carboxylic acids is 1. The van der Waals surface area contributed by atoms with Crippen molar-refractivity contribution in [2.75, 3.05) is 6.67 Å². The molecule has 0 saturated heterocycles. The average molecular weight is 119 g/mol. The summed E-state index contributed by atoms with van der Waals surface area (Å²) >= 11 is 0. The highest BCUT2D eigenvalue weighted by Gasteiger charge is 2.07. The van der Waals surface area contributed by atoms with Crippen LogP contribution in [0.5, 0.6) is 0 Å². The number of hydrogen-bond donors (Lipinski definition) is 2. The van der Waals surface area contributed by atoms with Gasteiger partial charge in [-0.15, -0.1) is 0 Å².